The lowest BCUT2D eigenvalue weighted by molar-refractivity contribution is 0.199. The first-order valence-corrected chi connectivity index (χ1v) is 5.88. The number of benzene rings is 1. The summed E-state index contributed by atoms with van der Waals surface area (Å²) in [7, 11) is 0. The monoisotopic (exact) mass is 219 g/mol. The lowest BCUT2D eigenvalue weighted by Crippen LogP contribution is -2.27. The largest absolute Gasteiger partial charge is 0.491 e. The topological polar surface area (TPSA) is 21.3 Å². The minimum Gasteiger partial charge on any atom is -0.491 e. The van der Waals surface area contributed by atoms with Crippen LogP contribution in [0.1, 0.15) is 30.5 Å². The summed E-state index contributed by atoms with van der Waals surface area (Å²) in [6, 6.07) is 2.20. The smallest absolute Gasteiger partial charge is 0.145 e. The van der Waals surface area contributed by atoms with E-state index in [4.69, 9.17) is 4.74 Å². The summed E-state index contributed by atoms with van der Waals surface area (Å²) < 4.78 is 5.97. The number of nitrogens with one attached hydrogen (secondary N) is 1. The second-order valence-corrected chi connectivity index (χ2v) is 5.65. The third-order valence-corrected chi connectivity index (χ3v) is 3.34. The molecule has 0 amide bonds. The van der Waals surface area contributed by atoms with Crippen LogP contribution in [0, 0.1) is 26.2 Å². The van der Waals surface area contributed by atoms with Gasteiger partial charge in [-0.1, -0.05) is 19.9 Å². The van der Waals surface area contributed by atoms with Gasteiger partial charge in [0.1, 0.15) is 5.75 Å². The van der Waals surface area contributed by atoms with Gasteiger partial charge in [0.05, 0.1) is 12.3 Å². The van der Waals surface area contributed by atoms with Gasteiger partial charge < -0.3 is 10.1 Å². The molecule has 16 heavy (non-hydrogen) atoms. The van der Waals surface area contributed by atoms with Gasteiger partial charge in [0.25, 0.3) is 0 Å². The van der Waals surface area contributed by atoms with Crippen LogP contribution in [0.25, 0.3) is 0 Å². The van der Waals surface area contributed by atoms with Crippen molar-refractivity contribution in [2.45, 2.75) is 34.6 Å². The van der Waals surface area contributed by atoms with Crippen LogP contribution < -0.4 is 10.1 Å². The van der Waals surface area contributed by atoms with Crippen molar-refractivity contribution in [1.29, 1.82) is 0 Å². The highest BCUT2D eigenvalue weighted by molar-refractivity contribution is 5.67. The minimum atomic E-state index is 0.186. The van der Waals surface area contributed by atoms with Crippen LogP contribution >= 0.6 is 0 Å². The van der Waals surface area contributed by atoms with E-state index in [9.17, 15) is 0 Å². The SMILES string of the molecule is Cc1cc(C)c2c(c1C)NCC(C)(C)CO2. The summed E-state index contributed by atoms with van der Waals surface area (Å²) in [6.45, 7) is 12.6. The summed E-state index contributed by atoms with van der Waals surface area (Å²) >= 11 is 0. The van der Waals surface area contributed by atoms with E-state index < -0.39 is 0 Å². The van der Waals surface area contributed by atoms with E-state index in [1.54, 1.807) is 0 Å². The Morgan fingerprint density at radius 3 is 2.56 bits per heavy atom. The molecule has 0 atom stereocenters. The van der Waals surface area contributed by atoms with Crippen molar-refractivity contribution in [2.75, 3.05) is 18.5 Å². The van der Waals surface area contributed by atoms with Gasteiger partial charge in [-0.3, -0.25) is 0 Å². The number of anilines is 1. The fraction of sp³-hybridized carbons (Fsp3) is 0.571. The first-order chi connectivity index (χ1) is 7.41. The molecule has 0 unspecified atom stereocenters. The Morgan fingerprint density at radius 2 is 1.88 bits per heavy atom. The molecule has 88 valence electrons. The number of ether oxygens (including phenoxy) is 1. The van der Waals surface area contributed by atoms with Gasteiger partial charge in [0.15, 0.2) is 0 Å². The molecule has 1 aliphatic rings. The van der Waals surface area contributed by atoms with Crippen LogP contribution in [0.3, 0.4) is 0 Å². The molecule has 1 aromatic carbocycles. The summed E-state index contributed by atoms with van der Waals surface area (Å²) in [6.07, 6.45) is 0. The Balaban J connectivity index is 2.49. The van der Waals surface area contributed by atoms with Gasteiger partial charge in [-0.05, 0) is 37.5 Å². The molecule has 0 radical (unpaired) electrons. The van der Waals surface area contributed by atoms with Crippen LogP contribution in [0.5, 0.6) is 5.75 Å². The minimum absolute atomic E-state index is 0.186. The number of fused-ring (bicyclic) bond motifs is 1. The summed E-state index contributed by atoms with van der Waals surface area (Å²) in [5.74, 6) is 1.04. The fourth-order valence-electron chi connectivity index (χ4n) is 2.11. The molecule has 2 nitrogen and oxygen atoms in total. The Bertz CT molecular complexity index is 421. The predicted molar refractivity (Wildman–Crippen MR) is 68.4 cm³/mol. The predicted octanol–water partition coefficient (Wildman–Crippen LogP) is 3.44. The normalized spacial score (nSPS) is 18.1. The quantitative estimate of drug-likeness (QED) is 0.721. The molecule has 0 fully saturated rings. The van der Waals surface area contributed by atoms with Crippen molar-refractivity contribution in [3.8, 4) is 5.75 Å². The molecule has 0 saturated carbocycles. The van der Waals surface area contributed by atoms with Crippen molar-refractivity contribution in [2.24, 2.45) is 5.41 Å². The summed E-state index contributed by atoms with van der Waals surface area (Å²) in [5.41, 5.74) is 5.22. The average Bonchev–Trinajstić information content (AvgIpc) is 2.34. The molecule has 1 aliphatic heterocycles. The second-order valence-electron chi connectivity index (χ2n) is 5.65. The molecule has 0 spiro atoms. The summed E-state index contributed by atoms with van der Waals surface area (Å²) in [5, 5.41) is 3.54. The average molecular weight is 219 g/mol. The van der Waals surface area contributed by atoms with Crippen molar-refractivity contribution in [3.63, 3.8) is 0 Å². The highest BCUT2D eigenvalue weighted by Crippen LogP contribution is 2.38. The van der Waals surface area contributed by atoms with E-state index in [1.165, 1.54) is 22.4 Å². The first kappa shape index (κ1) is 11.3. The van der Waals surface area contributed by atoms with Crippen molar-refractivity contribution in [1.82, 2.24) is 0 Å². The van der Waals surface area contributed by atoms with E-state index >= 15 is 0 Å². The summed E-state index contributed by atoms with van der Waals surface area (Å²) in [4.78, 5) is 0. The van der Waals surface area contributed by atoms with Crippen LogP contribution in [0.4, 0.5) is 5.69 Å². The van der Waals surface area contributed by atoms with Gasteiger partial charge in [0, 0.05) is 12.0 Å². The maximum Gasteiger partial charge on any atom is 0.145 e. The van der Waals surface area contributed by atoms with Gasteiger partial charge in [-0.25, -0.2) is 0 Å². The first-order valence-electron chi connectivity index (χ1n) is 5.88. The molecule has 0 aliphatic carbocycles. The van der Waals surface area contributed by atoms with Crippen molar-refractivity contribution >= 4 is 5.69 Å². The molecule has 0 aromatic heterocycles. The van der Waals surface area contributed by atoms with E-state index in [0.717, 1.165) is 18.9 Å². The molecule has 2 rings (SSSR count). The van der Waals surface area contributed by atoms with Crippen LogP contribution in [-0.2, 0) is 0 Å². The van der Waals surface area contributed by atoms with E-state index in [0.29, 0.717) is 0 Å². The molecular formula is C14H21NO. The molecule has 0 saturated heterocycles. The Kier molecular flexibility index (Phi) is 2.61. The number of hydrogen-bond donors (Lipinski definition) is 1. The van der Waals surface area contributed by atoms with E-state index in [1.807, 2.05) is 0 Å². The van der Waals surface area contributed by atoms with Gasteiger partial charge in [-0.2, -0.15) is 0 Å². The zero-order valence-corrected chi connectivity index (χ0v) is 10.9. The number of aryl methyl sites for hydroxylation is 2. The second kappa shape index (κ2) is 3.69. The fourth-order valence-corrected chi connectivity index (χ4v) is 2.11. The van der Waals surface area contributed by atoms with E-state index in [2.05, 4.69) is 46.0 Å². The van der Waals surface area contributed by atoms with Crippen LogP contribution in [0.2, 0.25) is 0 Å². The molecule has 1 aromatic rings. The Hall–Kier alpha value is -1.18. The standard InChI is InChI=1S/C14H21NO/c1-9-6-10(2)13-12(11(9)3)15-7-14(4,5)8-16-13/h6,15H,7-8H2,1-5H3. The zero-order chi connectivity index (χ0) is 11.9. The highest BCUT2D eigenvalue weighted by atomic mass is 16.5. The van der Waals surface area contributed by atoms with Crippen LogP contribution in [0.15, 0.2) is 6.07 Å². The van der Waals surface area contributed by atoms with Gasteiger partial charge in [-0.15, -0.1) is 0 Å². The molecule has 1 heterocycles. The third kappa shape index (κ3) is 1.89. The molecule has 2 heteroatoms. The highest BCUT2D eigenvalue weighted by Gasteiger charge is 2.25. The number of rotatable bonds is 0. The molecule has 1 N–H and O–H groups in total. The molecule has 0 bridgehead atoms. The zero-order valence-electron chi connectivity index (χ0n) is 10.9. The molecular weight excluding hydrogens is 198 g/mol. The maximum atomic E-state index is 5.97. The lowest BCUT2D eigenvalue weighted by atomic mass is 9.95. The van der Waals surface area contributed by atoms with Crippen molar-refractivity contribution in [3.05, 3.63) is 22.8 Å². The van der Waals surface area contributed by atoms with Crippen molar-refractivity contribution < 1.29 is 4.74 Å². The Labute approximate surface area is 98.0 Å². The van der Waals surface area contributed by atoms with Gasteiger partial charge >= 0.3 is 0 Å². The van der Waals surface area contributed by atoms with E-state index in [-0.39, 0.29) is 5.41 Å². The number of hydrogen-bond acceptors (Lipinski definition) is 2. The third-order valence-electron chi connectivity index (χ3n) is 3.34. The van der Waals surface area contributed by atoms with Crippen LogP contribution in [-0.4, -0.2) is 13.2 Å². The maximum absolute atomic E-state index is 5.97. The lowest BCUT2D eigenvalue weighted by Gasteiger charge is -2.20. The van der Waals surface area contributed by atoms with Gasteiger partial charge in [0.2, 0.25) is 0 Å². The Morgan fingerprint density at radius 1 is 1.19 bits per heavy atom.